The van der Waals surface area contributed by atoms with Gasteiger partial charge in [-0.2, -0.15) is 5.10 Å². The van der Waals surface area contributed by atoms with Crippen LogP contribution >= 0.6 is 0 Å². The molecule has 1 atom stereocenters. The monoisotopic (exact) mass is 455 g/mol. The number of aromatic nitrogens is 3. The molecule has 1 fully saturated rings. The van der Waals surface area contributed by atoms with Crippen LogP contribution in [-0.4, -0.2) is 51.2 Å². The van der Waals surface area contributed by atoms with Crippen molar-refractivity contribution in [2.24, 2.45) is 5.92 Å². The summed E-state index contributed by atoms with van der Waals surface area (Å²) in [6.07, 6.45) is -0.425. The van der Waals surface area contributed by atoms with Gasteiger partial charge in [0.05, 0.1) is 6.54 Å². The Hall–Kier alpha value is -3.23. The van der Waals surface area contributed by atoms with Crippen LogP contribution in [0, 0.1) is 5.92 Å². The zero-order valence-corrected chi connectivity index (χ0v) is 18.6. The number of likely N-dealkylation sites (tertiary alicyclic amines) is 1. The molecular formula is C24H27F2N5O2. The van der Waals surface area contributed by atoms with Gasteiger partial charge >= 0.3 is 5.69 Å². The van der Waals surface area contributed by atoms with E-state index in [9.17, 15) is 18.4 Å². The molecule has 0 unspecified atom stereocenters. The number of benzene rings is 2. The second kappa shape index (κ2) is 8.61. The summed E-state index contributed by atoms with van der Waals surface area (Å²) in [6, 6.07) is 11.7. The standard InChI is InChI=1S/C24H27F2N5O2/c1-16-4-3-9-29(13-16)23(32)18-7-8-19-17(12-18)5-2-6-20(19)28-10-11-30-22(15-28)27-31(24(30)33)14-21(25)26/h2,5-8,12,16,21H,3-4,9-11,13-15H2,1H3/t16-/m0/s1. The van der Waals surface area contributed by atoms with Gasteiger partial charge in [-0.25, -0.2) is 18.3 Å². The van der Waals surface area contributed by atoms with Gasteiger partial charge in [-0.05, 0) is 42.3 Å². The molecule has 2 aromatic carbocycles. The van der Waals surface area contributed by atoms with E-state index in [1.807, 2.05) is 41.3 Å². The van der Waals surface area contributed by atoms with Crippen LogP contribution in [0.15, 0.2) is 41.2 Å². The molecule has 5 rings (SSSR count). The van der Waals surface area contributed by atoms with Gasteiger partial charge < -0.3 is 9.80 Å². The van der Waals surface area contributed by atoms with Crippen molar-refractivity contribution in [2.45, 2.75) is 45.8 Å². The first-order chi connectivity index (χ1) is 15.9. The predicted molar refractivity (Wildman–Crippen MR) is 122 cm³/mol. The molecule has 1 saturated heterocycles. The predicted octanol–water partition coefficient (Wildman–Crippen LogP) is 3.36. The van der Waals surface area contributed by atoms with Crippen LogP contribution in [-0.2, 0) is 19.6 Å². The van der Waals surface area contributed by atoms with Crippen molar-refractivity contribution in [3.8, 4) is 0 Å². The van der Waals surface area contributed by atoms with Gasteiger partial charge in [-0.1, -0.05) is 25.1 Å². The lowest BCUT2D eigenvalue weighted by Crippen LogP contribution is -2.39. The molecule has 174 valence electrons. The van der Waals surface area contributed by atoms with E-state index in [2.05, 4.69) is 16.9 Å². The van der Waals surface area contributed by atoms with Crippen molar-refractivity contribution in [1.29, 1.82) is 0 Å². The molecule has 0 aliphatic carbocycles. The number of hydrogen-bond donors (Lipinski definition) is 0. The van der Waals surface area contributed by atoms with Gasteiger partial charge in [0.25, 0.3) is 12.3 Å². The SMILES string of the molecule is C[C@H]1CCCN(C(=O)c2ccc3c(N4CCn5c(nn(CC(F)F)c5=O)C4)cccc3c2)C1. The topological polar surface area (TPSA) is 63.4 Å². The third-order valence-electron chi connectivity index (χ3n) is 6.63. The zero-order valence-electron chi connectivity index (χ0n) is 18.6. The van der Waals surface area contributed by atoms with Crippen molar-refractivity contribution in [1.82, 2.24) is 19.2 Å². The Kier molecular flexibility index (Phi) is 5.64. The number of carbonyl (C=O) groups excluding carboxylic acids is 1. The summed E-state index contributed by atoms with van der Waals surface area (Å²) in [4.78, 5) is 29.4. The Labute approximate surface area is 190 Å². The van der Waals surface area contributed by atoms with Crippen LogP contribution in [0.2, 0.25) is 0 Å². The largest absolute Gasteiger partial charge is 0.362 e. The molecule has 0 saturated carbocycles. The van der Waals surface area contributed by atoms with E-state index < -0.39 is 18.7 Å². The summed E-state index contributed by atoms with van der Waals surface area (Å²) in [5.74, 6) is 1.07. The van der Waals surface area contributed by atoms with E-state index in [1.165, 1.54) is 4.57 Å². The van der Waals surface area contributed by atoms with E-state index >= 15 is 0 Å². The maximum absolute atomic E-state index is 13.0. The summed E-state index contributed by atoms with van der Waals surface area (Å²) in [7, 11) is 0. The van der Waals surface area contributed by atoms with Crippen molar-refractivity contribution in [2.75, 3.05) is 24.5 Å². The molecule has 9 heteroatoms. The van der Waals surface area contributed by atoms with Crippen LogP contribution in [0.25, 0.3) is 10.8 Å². The minimum Gasteiger partial charge on any atom is -0.362 e. The first kappa shape index (κ1) is 21.6. The minimum absolute atomic E-state index is 0.0698. The maximum Gasteiger partial charge on any atom is 0.346 e. The number of amides is 1. The second-order valence-corrected chi connectivity index (χ2v) is 9.06. The van der Waals surface area contributed by atoms with Gasteiger partial charge in [-0.3, -0.25) is 9.36 Å². The molecule has 0 spiro atoms. The average Bonchev–Trinajstić information content (AvgIpc) is 3.11. The molecule has 3 heterocycles. The van der Waals surface area contributed by atoms with E-state index in [-0.39, 0.29) is 5.91 Å². The third-order valence-corrected chi connectivity index (χ3v) is 6.63. The Morgan fingerprint density at radius 1 is 1.18 bits per heavy atom. The van der Waals surface area contributed by atoms with Crippen LogP contribution in [0.4, 0.5) is 14.5 Å². The first-order valence-corrected chi connectivity index (χ1v) is 11.4. The van der Waals surface area contributed by atoms with Crippen molar-refractivity contribution in [3.63, 3.8) is 0 Å². The summed E-state index contributed by atoms with van der Waals surface area (Å²) in [5, 5.41) is 6.11. The smallest absolute Gasteiger partial charge is 0.346 e. The number of rotatable bonds is 4. The molecule has 2 aliphatic heterocycles. The second-order valence-electron chi connectivity index (χ2n) is 9.06. The maximum atomic E-state index is 13.0. The first-order valence-electron chi connectivity index (χ1n) is 11.4. The Morgan fingerprint density at radius 2 is 2.03 bits per heavy atom. The molecule has 0 bridgehead atoms. The van der Waals surface area contributed by atoms with Crippen LogP contribution in [0.1, 0.15) is 35.9 Å². The fraction of sp³-hybridized carbons (Fsp3) is 0.458. The highest BCUT2D eigenvalue weighted by Gasteiger charge is 2.25. The summed E-state index contributed by atoms with van der Waals surface area (Å²) >= 11 is 0. The van der Waals surface area contributed by atoms with Crippen molar-refractivity contribution < 1.29 is 13.6 Å². The van der Waals surface area contributed by atoms with Crippen LogP contribution in [0.5, 0.6) is 0 Å². The van der Waals surface area contributed by atoms with E-state index in [1.54, 1.807) is 0 Å². The van der Waals surface area contributed by atoms with Crippen LogP contribution in [0.3, 0.4) is 0 Å². The van der Waals surface area contributed by atoms with E-state index in [4.69, 9.17) is 0 Å². The lowest BCUT2D eigenvalue weighted by molar-refractivity contribution is 0.0683. The number of nitrogens with zero attached hydrogens (tertiary/aromatic N) is 5. The number of fused-ring (bicyclic) bond motifs is 2. The van der Waals surface area contributed by atoms with Crippen LogP contribution < -0.4 is 10.6 Å². The molecule has 0 N–H and O–H groups in total. The highest BCUT2D eigenvalue weighted by atomic mass is 19.3. The number of carbonyl (C=O) groups is 1. The molecule has 7 nitrogen and oxygen atoms in total. The summed E-state index contributed by atoms with van der Waals surface area (Å²) < 4.78 is 27.8. The number of piperidine rings is 1. The highest BCUT2D eigenvalue weighted by Crippen LogP contribution is 2.30. The molecule has 1 aromatic heterocycles. The molecule has 0 radical (unpaired) electrons. The minimum atomic E-state index is -2.63. The fourth-order valence-corrected chi connectivity index (χ4v) is 4.99. The molecule has 2 aliphatic rings. The molecular weight excluding hydrogens is 428 g/mol. The van der Waals surface area contributed by atoms with Gasteiger partial charge in [0, 0.05) is 42.8 Å². The van der Waals surface area contributed by atoms with Crippen molar-refractivity contribution >= 4 is 22.4 Å². The van der Waals surface area contributed by atoms with Crippen molar-refractivity contribution in [3.05, 3.63) is 58.3 Å². The Balaban J connectivity index is 1.42. The lowest BCUT2D eigenvalue weighted by Gasteiger charge is -2.31. The quantitative estimate of drug-likeness (QED) is 0.605. The number of anilines is 1. The van der Waals surface area contributed by atoms with Gasteiger partial charge in [0.2, 0.25) is 0 Å². The highest BCUT2D eigenvalue weighted by molar-refractivity contribution is 6.01. The number of hydrogen-bond acceptors (Lipinski definition) is 4. The third kappa shape index (κ3) is 4.12. The molecule has 3 aromatic rings. The summed E-state index contributed by atoms with van der Waals surface area (Å²) in [6.45, 7) is 4.40. The molecule has 33 heavy (non-hydrogen) atoms. The number of halogens is 2. The lowest BCUT2D eigenvalue weighted by atomic mass is 9.98. The number of alkyl halides is 2. The average molecular weight is 456 g/mol. The molecule has 1 amide bonds. The fourth-order valence-electron chi connectivity index (χ4n) is 4.99. The van der Waals surface area contributed by atoms with Gasteiger partial charge in [0.1, 0.15) is 6.54 Å². The summed E-state index contributed by atoms with van der Waals surface area (Å²) in [5.41, 5.74) is 1.17. The van der Waals surface area contributed by atoms with E-state index in [0.29, 0.717) is 36.9 Å². The zero-order chi connectivity index (χ0) is 23.1. The van der Waals surface area contributed by atoms with E-state index in [0.717, 1.165) is 47.1 Å². The Morgan fingerprint density at radius 3 is 2.82 bits per heavy atom. The van der Waals surface area contributed by atoms with Gasteiger partial charge in [0.15, 0.2) is 5.82 Å². The Bertz CT molecular complexity index is 1250. The van der Waals surface area contributed by atoms with Gasteiger partial charge in [-0.15, -0.1) is 0 Å². The normalized spacial score (nSPS) is 18.7.